The molecule has 1 nitrogen and oxygen atoms in total. The molecule has 0 bridgehead atoms. The van der Waals surface area contributed by atoms with Crippen LogP contribution in [0.25, 0.3) is 16.7 Å². The van der Waals surface area contributed by atoms with Crippen LogP contribution in [0.3, 0.4) is 0 Å². The topological polar surface area (TPSA) is 13.1 Å². The molecule has 2 aliphatic rings. The van der Waals surface area contributed by atoms with Gasteiger partial charge in [0.2, 0.25) is 0 Å². The summed E-state index contributed by atoms with van der Waals surface area (Å²) in [5.41, 5.74) is 11.0. The molecule has 1 atom stereocenters. The van der Waals surface area contributed by atoms with Crippen LogP contribution in [0.15, 0.2) is 65.5 Å². The van der Waals surface area contributed by atoms with E-state index in [4.69, 9.17) is 4.42 Å². The number of furan rings is 1. The van der Waals surface area contributed by atoms with Gasteiger partial charge in [-0.3, -0.25) is 0 Å². The van der Waals surface area contributed by atoms with Crippen molar-refractivity contribution in [1.29, 1.82) is 0 Å². The standard InChI is InChI=1S/C21H25.C10H9O.C3H6.Zr/c1-20(2,3)16-9-7-14-11-15-8-10-17(21(4,5)6)13-19(15)18(14)12-16;1-8-2-3-9(6-8)10-4-5-11-7-10;1-3-2;/h7,9-10,12-13H,11H2,1-6H3;2-5,7-8H,1H3;1-2H3;/q2*-1;;+2. The van der Waals surface area contributed by atoms with Crippen molar-refractivity contribution >= 4 is 8.78 Å². The minimum atomic E-state index is 0.177. The molecule has 0 N–H and O–H groups in total. The molecule has 1 heterocycles. The quantitative estimate of drug-likeness (QED) is 0.214. The molecule has 1 aromatic heterocycles. The van der Waals surface area contributed by atoms with E-state index in [1.165, 1.54) is 36.6 Å². The third kappa shape index (κ3) is 7.49. The first-order valence-electron chi connectivity index (χ1n) is 12.8. The van der Waals surface area contributed by atoms with Crippen LogP contribution in [0.2, 0.25) is 0 Å². The van der Waals surface area contributed by atoms with Crippen molar-refractivity contribution in [3.05, 3.63) is 101 Å². The molecule has 2 aromatic carbocycles. The van der Waals surface area contributed by atoms with Crippen molar-refractivity contribution in [1.82, 2.24) is 0 Å². The Labute approximate surface area is 234 Å². The summed E-state index contributed by atoms with van der Waals surface area (Å²) < 4.78 is 6.47. The van der Waals surface area contributed by atoms with Crippen LogP contribution in [0.4, 0.5) is 0 Å². The number of hydrogen-bond donors (Lipinski definition) is 0. The van der Waals surface area contributed by atoms with Crippen LogP contribution in [0.1, 0.15) is 90.1 Å². The molecule has 0 saturated carbocycles. The normalized spacial score (nSPS) is 15.8. The monoisotopic (exact) mass is 554 g/mol. The van der Waals surface area contributed by atoms with Crippen LogP contribution >= 0.6 is 0 Å². The van der Waals surface area contributed by atoms with Crippen LogP contribution in [0, 0.1) is 18.1 Å². The Kier molecular flexibility index (Phi) is 9.16. The molecule has 0 saturated heterocycles. The molecule has 3 aromatic rings. The minimum absolute atomic E-state index is 0.177. The van der Waals surface area contributed by atoms with Crippen molar-refractivity contribution in [2.24, 2.45) is 5.92 Å². The third-order valence-corrected chi connectivity index (χ3v) is 6.29. The Morgan fingerprint density at radius 2 is 1.58 bits per heavy atom. The van der Waals surface area contributed by atoms with Crippen molar-refractivity contribution in [3.8, 4) is 11.1 Å². The van der Waals surface area contributed by atoms with E-state index < -0.39 is 0 Å². The first-order valence-corrected chi connectivity index (χ1v) is 14.0. The van der Waals surface area contributed by atoms with Crippen molar-refractivity contribution in [2.45, 2.75) is 79.6 Å². The predicted octanol–water partition coefficient (Wildman–Crippen LogP) is 9.07. The van der Waals surface area contributed by atoms with Gasteiger partial charge in [-0.2, -0.15) is 47.1 Å². The van der Waals surface area contributed by atoms with E-state index >= 15 is 0 Å². The Bertz CT molecular complexity index is 1190. The summed E-state index contributed by atoms with van der Waals surface area (Å²) >= 11 is 1.55. The van der Waals surface area contributed by atoms with Crippen LogP contribution < -0.4 is 0 Å². The second-order valence-electron chi connectivity index (χ2n) is 12.0. The van der Waals surface area contributed by atoms with E-state index in [0.29, 0.717) is 5.92 Å². The van der Waals surface area contributed by atoms with Gasteiger partial charge in [0.1, 0.15) is 0 Å². The van der Waals surface area contributed by atoms with Crippen LogP contribution in [-0.4, -0.2) is 3.21 Å². The zero-order chi connectivity index (χ0) is 26.7. The Balaban J connectivity index is 0.000000200. The SMILES string of the molecule is CC(C)(C)c1c[c-]c2c(c1)-c1cc(C(C)(C)C)ccc1C2.CC1[C-]=C(c2ccoc2)C=C1.C[C](C)=[Zr+2]. The summed E-state index contributed by atoms with van der Waals surface area (Å²) in [4.78, 5) is 0. The molecule has 1 unspecified atom stereocenters. The van der Waals surface area contributed by atoms with Gasteiger partial charge in [0.25, 0.3) is 0 Å². The molecule has 0 amide bonds. The number of hydrogen-bond acceptors (Lipinski definition) is 1. The molecule has 0 radical (unpaired) electrons. The fraction of sp³-hybridized carbons (Fsp3) is 0.382. The van der Waals surface area contributed by atoms with Gasteiger partial charge in [-0.25, -0.2) is 0 Å². The zero-order valence-electron chi connectivity index (χ0n) is 23.5. The fourth-order valence-corrected chi connectivity index (χ4v) is 4.16. The van der Waals surface area contributed by atoms with E-state index in [9.17, 15) is 0 Å². The number of rotatable bonds is 1. The first-order chi connectivity index (χ1) is 16.8. The summed E-state index contributed by atoms with van der Waals surface area (Å²) in [6.45, 7) is 20.0. The van der Waals surface area contributed by atoms with Crippen molar-refractivity contribution in [3.63, 3.8) is 0 Å². The molecule has 2 heteroatoms. The predicted molar refractivity (Wildman–Crippen MR) is 151 cm³/mol. The van der Waals surface area contributed by atoms with Crippen molar-refractivity contribution in [2.75, 3.05) is 0 Å². The van der Waals surface area contributed by atoms with Crippen molar-refractivity contribution < 1.29 is 28.7 Å². The van der Waals surface area contributed by atoms with Gasteiger partial charge in [0, 0.05) is 6.26 Å². The third-order valence-electron chi connectivity index (χ3n) is 6.29. The average molecular weight is 556 g/mol. The van der Waals surface area contributed by atoms with Gasteiger partial charge < -0.3 is 4.42 Å². The van der Waals surface area contributed by atoms with Gasteiger partial charge in [-0.1, -0.05) is 101 Å². The maximum atomic E-state index is 4.97. The van der Waals surface area contributed by atoms with Gasteiger partial charge >= 0.3 is 41.3 Å². The molecule has 0 fully saturated rings. The number of allylic oxidation sites excluding steroid dienone is 4. The van der Waals surface area contributed by atoms with Gasteiger partial charge in [0.15, 0.2) is 0 Å². The summed E-state index contributed by atoms with van der Waals surface area (Å²) in [5, 5.41) is 0. The molecule has 2 aliphatic carbocycles. The molecular formula is C34H40OZr. The first kappa shape index (κ1) is 28.5. The van der Waals surface area contributed by atoms with E-state index in [0.717, 1.165) is 17.6 Å². The van der Waals surface area contributed by atoms with E-state index in [2.05, 4.69) is 117 Å². The Morgan fingerprint density at radius 3 is 2.11 bits per heavy atom. The van der Waals surface area contributed by atoms with Crippen LogP contribution in [-0.2, 0) is 41.5 Å². The van der Waals surface area contributed by atoms with E-state index in [-0.39, 0.29) is 10.8 Å². The average Bonchev–Trinajstić information content (AvgIpc) is 3.51. The number of fused-ring (bicyclic) bond motifs is 3. The molecule has 0 aliphatic heterocycles. The van der Waals surface area contributed by atoms with E-state index in [1.807, 2.05) is 6.07 Å². The molecule has 5 rings (SSSR count). The van der Waals surface area contributed by atoms with E-state index in [1.54, 1.807) is 36.8 Å². The van der Waals surface area contributed by atoms with Gasteiger partial charge in [0.05, 0.1) is 6.26 Å². The zero-order valence-corrected chi connectivity index (χ0v) is 25.9. The fourth-order valence-electron chi connectivity index (χ4n) is 4.16. The molecule has 0 spiro atoms. The second kappa shape index (κ2) is 11.6. The molecule has 186 valence electrons. The summed E-state index contributed by atoms with van der Waals surface area (Å²) in [5.74, 6) is 0.444. The van der Waals surface area contributed by atoms with Gasteiger partial charge in [-0.15, -0.1) is 11.6 Å². The Morgan fingerprint density at radius 1 is 0.944 bits per heavy atom. The van der Waals surface area contributed by atoms with Crippen LogP contribution in [0.5, 0.6) is 0 Å². The maximum absolute atomic E-state index is 4.97. The summed E-state index contributed by atoms with van der Waals surface area (Å²) in [7, 11) is 0. The van der Waals surface area contributed by atoms with Gasteiger partial charge in [-0.05, 0) is 17.4 Å². The molecule has 36 heavy (non-hydrogen) atoms. The summed E-state index contributed by atoms with van der Waals surface area (Å²) in [6, 6.07) is 17.0. The summed E-state index contributed by atoms with van der Waals surface area (Å²) in [6.07, 6.45) is 12.0. The molecular weight excluding hydrogens is 516 g/mol. The Hall–Kier alpha value is -2.05. The number of benzene rings is 2. The second-order valence-corrected chi connectivity index (χ2v) is 14.5.